The van der Waals surface area contributed by atoms with Gasteiger partial charge in [0, 0.05) is 24.7 Å². The maximum absolute atomic E-state index is 10.9. The lowest BCUT2D eigenvalue weighted by Gasteiger charge is -2.08. The molecule has 0 unspecified atom stereocenters. The molecule has 0 aromatic heterocycles. The SMILES string of the molecule is O=[N+]([O-])c1cccc(CNc2c(Cl)cccc2[N+](=O)[O-])c1. The summed E-state index contributed by atoms with van der Waals surface area (Å²) in [5.74, 6) is 0. The lowest BCUT2D eigenvalue weighted by molar-refractivity contribution is -0.384. The minimum absolute atomic E-state index is 0.0389. The Morgan fingerprint density at radius 1 is 1.05 bits per heavy atom. The van der Waals surface area contributed by atoms with Crippen molar-refractivity contribution in [2.45, 2.75) is 6.54 Å². The Morgan fingerprint density at radius 3 is 2.43 bits per heavy atom. The van der Waals surface area contributed by atoms with Crippen molar-refractivity contribution in [3.63, 3.8) is 0 Å². The average Bonchev–Trinajstić information content (AvgIpc) is 2.46. The topological polar surface area (TPSA) is 98.3 Å². The van der Waals surface area contributed by atoms with E-state index in [0.29, 0.717) is 5.56 Å². The molecule has 0 amide bonds. The second-order valence-corrected chi connectivity index (χ2v) is 4.58. The number of para-hydroxylation sites is 1. The predicted molar refractivity (Wildman–Crippen MR) is 78.5 cm³/mol. The molecule has 0 radical (unpaired) electrons. The van der Waals surface area contributed by atoms with Crippen LogP contribution >= 0.6 is 11.6 Å². The van der Waals surface area contributed by atoms with Crippen LogP contribution in [0.3, 0.4) is 0 Å². The molecule has 0 saturated heterocycles. The molecule has 8 heteroatoms. The second kappa shape index (κ2) is 6.19. The van der Waals surface area contributed by atoms with Gasteiger partial charge in [-0.1, -0.05) is 29.8 Å². The summed E-state index contributed by atoms with van der Waals surface area (Å²) in [5.41, 5.74) is 0.630. The molecule has 0 fully saturated rings. The second-order valence-electron chi connectivity index (χ2n) is 4.17. The van der Waals surface area contributed by atoms with Gasteiger partial charge in [-0.2, -0.15) is 0 Å². The number of rotatable bonds is 5. The van der Waals surface area contributed by atoms with Gasteiger partial charge in [-0.15, -0.1) is 0 Å². The van der Waals surface area contributed by atoms with Crippen molar-refractivity contribution in [3.05, 3.63) is 73.3 Å². The predicted octanol–water partition coefficient (Wildman–Crippen LogP) is 3.77. The van der Waals surface area contributed by atoms with E-state index in [1.165, 1.54) is 30.3 Å². The van der Waals surface area contributed by atoms with Crippen molar-refractivity contribution >= 4 is 28.7 Å². The highest BCUT2D eigenvalue weighted by atomic mass is 35.5. The Hall–Kier alpha value is -2.67. The summed E-state index contributed by atoms with van der Waals surface area (Å²) in [6.07, 6.45) is 0. The smallest absolute Gasteiger partial charge is 0.293 e. The summed E-state index contributed by atoms with van der Waals surface area (Å²) in [6.45, 7) is 0.187. The van der Waals surface area contributed by atoms with Gasteiger partial charge in [0.05, 0.1) is 14.9 Å². The van der Waals surface area contributed by atoms with E-state index < -0.39 is 9.85 Å². The van der Waals surface area contributed by atoms with Crippen LogP contribution in [0, 0.1) is 20.2 Å². The first-order valence-corrected chi connectivity index (χ1v) is 6.27. The molecular formula is C13H10ClN3O4. The fraction of sp³-hybridized carbons (Fsp3) is 0.0769. The summed E-state index contributed by atoms with van der Waals surface area (Å²) in [5, 5.41) is 24.7. The molecule has 0 spiro atoms. The van der Waals surface area contributed by atoms with E-state index in [2.05, 4.69) is 5.32 Å². The van der Waals surface area contributed by atoms with E-state index in [1.807, 2.05) is 0 Å². The van der Waals surface area contributed by atoms with Crippen LogP contribution in [-0.4, -0.2) is 9.85 Å². The van der Waals surface area contributed by atoms with Gasteiger partial charge in [0.15, 0.2) is 0 Å². The van der Waals surface area contributed by atoms with Crippen LogP contribution in [0.15, 0.2) is 42.5 Å². The van der Waals surface area contributed by atoms with Gasteiger partial charge in [0.25, 0.3) is 11.4 Å². The standard InChI is InChI=1S/C13H10ClN3O4/c14-11-5-2-6-12(17(20)21)13(11)15-8-9-3-1-4-10(7-9)16(18)19/h1-7,15H,8H2. The Labute approximate surface area is 124 Å². The van der Waals surface area contributed by atoms with E-state index in [-0.39, 0.29) is 28.6 Å². The molecule has 0 heterocycles. The highest BCUT2D eigenvalue weighted by Crippen LogP contribution is 2.32. The third-order valence-electron chi connectivity index (χ3n) is 2.78. The molecule has 0 aliphatic rings. The van der Waals surface area contributed by atoms with E-state index in [1.54, 1.807) is 12.1 Å². The minimum atomic E-state index is -0.540. The molecule has 21 heavy (non-hydrogen) atoms. The van der Waals surface area contributed by atoms with E-state index in [4.69, 9.17) is 11.6 Å². The molecule has 0 saturated carbocycles. The molecule has 7 nitrogen and oxygen atoms in total. The number of hydrogen-bond donors (Lipinski definition) is 1. The third kappa shape index (κ3) is 3.46. The third-order valence-corrected chi connectivity index (χ3v) is 3.09. The van der Waals surface area contributed by atoms with E-state index in [0.717, 1.165) is 0 Å². The van der Waals surface area contributed by atoms with Crippen LogP contribution in [0.1, 0.15) is 5.56 Å². The summed E-state index contributed by atoms with van der Waals surface area (Å²) < 4.78 is 0. The van der Waals surface area contributed by atoms with Crippen LogP contribution in [0.4, 0.5) is 17.1 Å². The molecule has 0 atom stereocenters. The van der Waals surface area contributed by atoms with Crippen molar-refractivity contribution in [2.75, 3.05) is 5.32 Å². The first-order valence-electron chi connectivity index (χ1n) is 5.89. The number of non-ortho nitro benzene ring substituents is 1. The number of hydrogen-bond acceptors (Lipinski definition) is 5. The fourth-order valence-electron chi connectivity index (χ4n) is 1.81. The average molecular weight is 308 g/mol. The van der Waals surface area contributed by atoms with E-state index in [9.17, 15) is 20.2 Å². The summed E-state index contributed by atoms with van der Waals surface area (Å²) in [7, 11) is 0. The molecule has 2 aromatic carbocycles. The highest BCUT2D eigenvalue weighted by molar-refractivity contribution is 6.33. The number of nitro groups is 2. The van der Waals surface area contributed by atoms with Crippen LogP contribution in [-0.2, 0) is 6.54 Å². The monoisotopic (exact) mass is 307 g/mol. The molecular weight excluding hydrogens is 298 g/mol. The molecule has 2 aromatic rings. The quantitative estimate of drug-likeness (QED) is 0.669. The summed E-state index contributed by atoms with van der Waals surface area (Å²) in [4.78, 5) is 20.6. The number of nitrogens with one attached hydrogen (secondary N) is 1. The van der Waals surface area contributed by atoms with E-state index >= 15 is 0 Å². The molecule has 1 N–H and O–H groups in total. The Balaban J connectivity index is 2.22. The molecule has 0 aliphatic carbocycles. The number of nitro benzene ring substituents is 2. The summed E-state index contributed by atoms with van der Waals surface area (Å²) in [6, 6.07) is 10.4. The largest absolute Gasteiger partial charge is 0.374 e. The Kier molecular flexibility index (Phi) is 4.34. The van der Waals surface area contributed by atoms with Crippen molar-refractivity contribution in [2.24, 2.45) is 0 Å². The van der Waals surface area contributed by atoms with Crippen LogP contribution < -0.4 is 5.32 Å². The van der Waals surface area contributed by atoms with Crippen LogP contribution in [0.5, 0.6) is 0 Å². The van der Waals surface area contributed by atoms with Gasteiger partial charge in [-0.05, 0) is 11.6 Å². The fourth-order valence-corrected chi connectivity index (χ4v) is 2.05. The number of nitrogens with zero attached hydrogens (tertiary/aromatic N) is 2. The maximum Gasteiger partial charge on any atom is 0.293 e. The van der Waals surface area contributed by atoms with Crippen LogP contribution in [0.25, 0.3) is 0 Å². The van der Waals surface area contributed by atoms with Gasteiger partial charge in [0.1, 0.15) is 5.69 Å². The lowest BCUT2D eigenvalue weighted by Crippen LogP contribution is -2.03. The zero-order valence-corrected chi connectivity index (χ0v) is 11.4. The van der Waals surface area contributed by atoms with Crippen molar-refractivity contribution in [1.82, 2.24) is 0 Å². The van der Waals surface area contributed by atoms with Gasteiger partial charge in [-0.3, -0.25) is 20.2 Å². The molecule has 2 rings (SSSR count). The number of halogens is 1. The molecule has 0 aliphatic heterocycles. The summed E-state index contributed by atoms with van der Waals surface area (Å²) >= 11 is 5.95. The minimum Gasteiger partial charge on any atom is -0.374 e. The van der Waals surface area contributed by atoms with Crippen molar-refractivity contribution in [1.29, 1.82) is 0 Å². The number of anilines is 1. The first kappa shape index (κ1) is 14.7. The maximum atomic E-state index is 10.9. The van der Waals surface area contributed by atoms with Gasteiger partial charge in [0.2, 0.25) is 0 Å². The lowest BCUT2D eigenvalue weighted by atomic mass is 10.2. The number of benzene rings is 2. The van der Waals surface area contributed by atoms with Crippen molar-refractivity contribution in [3.8, 4) is 0 Å². The van der Waals surface area contributed by atoms with Gasteiger partial charge >= 0.3 is 0 Å². The van der Waals surface area contributed by atoms with Crippen molar-refractivity contribution < 1.29 is 9.85 Å². The first-order chi connectivity index (χ1) is 9.99. The van der Waals surface area contributed by atoms with Gasteiger partial charge in [-0.25, -0.2) is 0 Å². The zero-order chi connectivity index (χ0) is 15.4. The Bertz CT molecular complexity index is 706. The van der Waals surface area contributed by atoms with Gasteiger partial charge < -0.3 is 5.32 Å². The van der Waals surface area contributed by atoms with Crippen LogP contribution in [0.2, 0.25) is 5.02 Å². The molecule has 0 bridgehead atoms. The molecule has 108 valence electrons. The highest BCUT2D eigenvalue weighted by Gasteiger charge is 2.16. The zero-order valence-electron chi connectivity index (χ0n) is 10.7. The Morgan fingerprint density at radius 2 is 1.76 bits per heavy atom. The normalized spacial score (nSPS) is 10.1.